The van der Waals surface area contributed by atoms with E-state index >= 15 is 0 Å². The maximum atomic E-state index is 4.09. The maximum absolute atomic E-state index is 4.09. The van der Waals surface area contributed by atoms with E-state index in [1.165, 1.54) is 114 Å². The number of benzene rings is 7. The van der Waals surface area contributed by atoms with Gasteiger partial charge in [0.25, 0.3) is 0 Å². The minimum atomic E-state index is 0.682. The van der Waals surface area contributed by atoms with Gasteiger partial charge in [-0.2, -0.15) is 0 Å². The smallest absolute Gasteiger partial charge is 0.0544 e. The Morgan fingerprint density at radius 3 is 2.08 bits per heavy atom. The zero-order valence-corrected chi connectivity index (χ0v) is 38.9. The van der Waals surface area contributed by atoms with Crippen molar-refractivity contribution in [3.63, 3.8) is 0 Å². The van der Waals surface area contributed by atoms with Crippen molar-refractivity contribution in [2.75, 3.05) is 11.9 Å². The third-order valence-corrected chi connectivity index (χ3v) is 14.2. The molecule has 1 heterocycles. The molecule has 326 valence electrons. The summed E-state index contributed by atoms with van der Waals surface area (Å²) >= 11 is 0. The van der Waals surface area contributed by atoms with Gasteiger partial charge >= 0.3 is 0 Å². The first-order valence-corrected chi connectivity index (χ1v) is 24.1. The average Bonchev–Trinajstić information content (AvgIpc) is 4.11. The summed E-state index contributed by atoms with van der Waals surface area (Å²) in [5, 5.41) is 1.24. The maximum Gasteiger partial charge on any atom is 0.0544 e. The first-order valence-electron chi connectivity index (χ1n) is 24.1. The van der Waals surface area contributed by atoms with Crippen LogP contribution in [0.25, 0.3) is 67.6 Å². The second kappa shape index (κ2) is 18.7. The number of para-hydroxylation sites is 1. The van der Waals surface area contributed by atoms with Crippen molar-refractivity contribution in [1.29, 1.82) is 0 Å². The number of anilines is 2. The van der Waals surface area contributed by atoms with E-state index in [0.29, 0.717) is 11.8 Å². The van der Waals surface area contributed by atoms with Gasteiger partial charge < -0.3 is 9.88 Å². The highest BCUT2D eigenvalue weighted by atomic mass is 15.1. The first-order chi connectivity index (χ1) is 32.4. The predicted molar refractivity (Wildman–Crippen MR) is 285 cm³/mol. The van der Waals surface area contributed by atoms with Crippen LogP contribution in [0.2, 0.25) is 0 Å². The topological polar surface area (TPSA) is 19.0 Å². The van der Waals surface area contributed by atoms with Crippen LogP contribution in [-0.2, 0) is 6.42 Å². The lowest BCUT2D eigenvalue weighted by atomic mass is 9.81. The van der Waals surface area contributed by atoms with Crippen molar-refractivity contribution in [1.82, 2.24) is 4.98 Å². The molecule has 2 unspecified atom stereocenters. The Morgan fingerprint density at radius 1 is 0.621 bits per heavy atom. The van der Waals surface area contributed by atoms with Crippen LogP contribution in [0.5, 0.6) is 0 Å². The van der Waals surface area contributed by atoms with Crippen LogP contribution in [0.1, 0.15) is 102 Å². The molecule has 1 aromatic heterocycles. The second-order valence-corrected chi connectivity index (χ2v) is 18.3. The van der Waals surface area contributed by atoms with Gasteiger partial charge in [0.2, 0.25) is 0 Å². The van der Waals surface area contributed by atoms with E-state index < -0.39 is 0 Å². The number of allylic oxidation sites excluding steroid dienone is 5. The van der Waals surface area contributed by atoms with Crippen LogP contribution in [0.4, 0.5) is 11.4 Å². The summed E-state index contributed by atoms with van der Waals surface area (Å²) in [6.07, 6.45) is 18.1. The highest BCUT2D eigenvalue weighted by Gasteiger charge is 2.45. The predicted octanol–water partition coefficient (Wildman–Crippen LogP) is 17.8. The molecule has 7 aromatic carbocycles. The number of nitrogens with one attached hydrogen (secondary N) is 1. The molecule has 11 rings (SSSR count). The van der Waals surface area contributed by atoms with Crippen molar-refractivity contribution in [2.24, 2.45) is 0 Å². The Balaban J connectivity index is 0.000000156. The molecule has 0 radical (unpaired) electrons. The van der Waals surface area contributed by atoms with Crippen LogP contribution >= 0.6 is 0 Å². The zero-order valence-electron chi connectivity index (χ0n) is 38.9. The largest absolute Gasteiger partial charge is 0.354 e. The number of fused-ring (bicyclic) bond motifs is 7. The van der Waals surface area contributed by atoms with Gasteiger partial charge in [-0.25, -0.2) is 0 Å². The molecule has 0 spiro atoms. The number of rotatable bonds is 11. The third-order valence-electron chi connectivity index (χ3n) is 14.2. The van der Waals surface area contributed by atoms with E-state index in [9.17, 15) is 0 Å². The summed E-state index contributed by atoms with van der Waals surface area (Å²) in [6.45, 7) is 10.6. The van der Waals surface area contributed by atoms with E-state index in [2.05, 4.69) is 226 Å². The van der Waals surface area contributed by atoms with E-state index in [4.69, 9.17) is 0 Å². The SMILES string of the molecule is C=Cc1c(/C=C\C)[nH]c2c(C3=CCCC=C3c3ccc4c(c3)C3CC3c3ccccc3-4)cccc12.CCCCc1ccccc1-c1cc(N(C)c2ccc(-c3ccccc3)cc2)ccc1C. The first kappa shape index (κ1) is 42.8. The molecule has 2 nitrogen and oxygen atoms in total. The van der Waals surface area contributed by atoms with E-state index in [1.807, 2.05) is 6.08 Å². The number of hydrogen-bond donors (Lipinski definition) is 1. The lowest BCUT2D eigenvalue weighted by Gasteiger charge is -2.23. The molecule has 0 amide bonds. The number of nitrogens with zero attached hydrogens (tertiary/aromatic N) is 1. The summed E-state index contributed by atoms with van der Waals surface area (Å²) in [4.78, 5) is 5.97. The number of aryl methyl sites for hydroxylation is 2. The number of hydrogen-bond acceptors (Lipinski definition) is 1. The van der Waals surface area contributed by atoms with Crippen molar-refractivity contribution < 1.29 is 0 Å². The molecule has 8 aromatic rings. The molecule has 2 heteroatoms. The number of unbranched alkanes of at least 4 members (excludes halogenated alkanes) is 1. The Labute approximate surface area is 392 Å². The molecule has 3 aliphatic carbocycles. The number of aromatic nitrogens is 1. The van der Waals surface area contributed by atoms with Gasteiger partial charge in [0.1, 0.15) is 0 Å². The van der Waals surface area contributed by atoms with Crippen molar-refractivity contribution >= 4 is 45.6 Å². The Hall–Kier alpha value is -7.16. The minimum absolute atomic E-state index is 0.682. The molecule has 1 N–H and O–H groups in total. The molecule has 1 fully saturated rings. The monoisotopic (exact) mass is 856 g/mol. The fraction of sp³-hybridized carbons (Fsp3) is 0.188. The Morgan fingerprint density at radius 2 is 1.29 bits per heavy atom. The normalized spacial score (nSPS) is 15.8. The molecule has 0 aliphatic heterocycles. The van der Waals surface area contributed by atoms with Gasteiger partial charge in [0.05, 0.1) is 5.52 Å². The third kappa shape index (κ3) is 8.22. The summed E-state index contributed by atoms with van der Waals surface area (Å²) < 4.78 is 0. The lowest BCUT2D eigenvalue weighted by molar-refractivity contribution is 0.796. The number of aromatic amines is 1. The van der Waals surface area contributed by atoms with Crippen LogP contribution in [0.15, 0.2) is 183 Å². The highest BCUT2D eigenvalue weighted by molar-refractivity contribution is 6.12. The minimum Gasteiger partial charge on any atom is -0.354 e. The molecule has 0 bridgehead atoms. The molecule has 1 saturated carbocycles. The summed E-state index contributed by atoms with van der Waals surface area (Å²) in [5.74, 6) is 1.39. The van der Waals surface area contributed by atoms with Crippen LogP contribution < -0.4 is 4.90 Å². The summed E-state index contributed by atoms with van der Waals surface area (Å²) in [6, 6.07) is 57.9. The van der Waals surface area contributed by atoms with Gasteiger partial charge in [-0.3, -0.25) is 0 Å². The molecule has 3 aliphatic rings. The van der Waals surface area contributed by atoms with E-state index in [1.54, 1.807) is 11.1 Å². The van der Waals surface area contributed by atoms with Gasteiger partial charge in [0, 0.05) is 40.6 Å². The van der Waals surface area contributed by atoms with Crippen LogP contribution in [0.3, 0.4) is 0 Å². The van der Waals surface area contributed by atoms with Crippen LogP contribution in [-0.4, -0.2) is 12.0 Å². The quantitative estimate of drug-likeness (QED) is 0.137. The fourth-order valence-corrected chi connectivity index (χ4v) is 10.6. The van der Waals surface area contributed by atoms with Crippen LogP contribution in [0, 0.1) is 6.92 Å². The molecule has 0 saturated heterocycles. The Kier molecular flexibility index (Phi) is 12.1. The highest BCUT2D eigenvalue weighted by Crippen LogP contribution is 2.62. The second-order valence-electron chi connectivity index (χ2n) is 18.3. The van der Waals surface area contributed by atoms with Gasteiger partial charge in [-0.05, 0) is 160 Å². The van der Waals surface area contributed by atoms with E-state index in [-0.39, 0.29) is 0 Å². The fourth-order valence-electron chi connectivity index (χ4n) is 10.6. The molecule has 66 heavy (non-hydrogen) atoms. The lowest BCUT2D eigenvalue weighted by Crippen LogP contribution is -2.09. The van der Waals surface area contributed by atoms with Crippen molar-refractivity contribution in [2.45, 2.75) is 71.1 Å². The number of H-pyrrole nitrogens is 1. The van der Waals surface area contributed by atoms with Crippen molar-refractivity contribution in [3.05, 3.63) is 227 Å². The van der Waals surface area contributed by atoms with Gasteiger partial charge in [-0.1, -0.05) is 178 Å². The molecular weight excluding hydrogens is 797 g/mol. The van der Waals surface area contributed by atoms with Crippen molar-refractivity contribution in [3.8, 4) is 33.4 Å². The standard InChI is InChI=1S/C34H29N.C30H31N/c1-3-10-33-22(4-2)28-15-9-16-29(34(28)35-33)24-12-6-5-11-23(24)21-17-18-27-25-13-7-8-14-26(25)31-20-32(31)30(27)19-21;1-4-5-11-26-14-9-10-15-29(26)30-22-28(19-16-23(30)2)31(3)27-20-17-25(18-21-27)24-12-7-6-8-13-24/h3-4,7-19,31-32,35H,2,5-6,20H2,1H3;6-10,12-22H,4-5,11H2,1-3H3/b10-3-;. The summed E-state index contributed by atoms with van der Waals surface area (Å²) in [7, 11) is 2.15. The molecular formula is C64H60N2. The van der Waals surface area contributed by atoms with Gasteiger partial charge in [-0.15, -0.1) is 0 Å². The molecule has 2 atom stereocenters. The zero-order chi connectivity index (χ0) is 45.1. The average molecular weight is 857 g/mol. The van der Waals surface area contributed by atoms with E-state index in [0.717, 1.165) is 25.0 Å². The summed E-state index contributed by atoms with van der Waals surface area (Å²) in [5.41, 5.74) is 25.1. The Bertz CT molecular complexity index is 3150. The van der Waals surface area contributed by atoms with Gasteiger partial charge in [0.15, 0.2) is 0 Å².